The summed E-state index contributed by atoms with van der Waals surface area (Å²) < 4.78 is 11.2. The highest BCUT2D eigenvalue weighted by molar-refractivity contribution is 6.03. The van der Waals surface area contributed by atoms with Crippen LogP contribution < -0.4 is 4.74 Å². The average molecular weight is 418 g/mol. The monoisotopic (exact) mass is 418 g/mol. The number of fused-ring (bicyclic) bond motifs is 1. The lowest BCUT2D eigenvalue weighted by Crippen LogP contribution is -2.55. The van der Waals surface area contributed by atoms with E-state index in [0.717, 1.165) is 11.6 Å². The number of phenolic OH excluding ortho intramolecular Hbond substituents is 2. The normalized spacial score (nSPS) is 31.1. The molecule has 6 N–H and O–H groups in total. The first-order valence-corrected chi connectivity index (χ1v) is 9.47. The van der Waals surface area contributed by atoms with Gasteiger partial charge in [-0.2, -0.15) is 0 Å². The van der Waals surface area contributed by atoms with Crippen LogP contribution in [0.4, 0.5) is 0 Å². The van der Waals surface area contributed by atoms with Crippen LogP contribution in [0.2, 0.25) is 0 Å². The Morgan fingerprint density at radius 2 is 1.70 bits per heavy atom. The Hall–Kier alpha value is -2.69. The van der Waals surface area contributed by atoms with E-state index in [9.17, 15) is 35.4 Å². The molecule has 0 aromatic heterocycles. The van der Waals surface area contributed by atoms with E-state index in [4.69, 9.17) is 9.47 Å². The lowest BCUT2D eigenvalue weighted by atomic mass is 9.87. The fourth-order valence-corrected chi connectivity index (χ4v) is 3.95. The van der Waals surface area contributed by atoms with Crippen LogP contribution in [0.15, 0.2) is 36.4 Å². The summed E-state index contributed by atoms with van der Waals surface area (Å²) in [5.41, 5.74) is 0.251. The number of hydrogen-bond donors (Lipinski definition) is 6. The van der Waals surface area contributed by atoms with Crippen molar-refractivity contribution in [3.05, 3.63) is 53.1 Å². The van der Waals surface area contributed by atoms with Gasteiger partial charge in [0, 0.05) is 6.07 Å². The van der Waals surface area contributed by atoms with Crippen LogP contribution in [0.25, 0.3) is 0 Å². The fourth-order valence-electron chi connectivity index (χ4n) is 3.95. The molecule has 4 rings (SSSR count). The molecule has 1 fully saturated rings. The first-order valence-electron chi connectivity index (χ1n) is 9.47. The third-order valence-electron chi connectivity index (χ3n) is 5.55. The number of aromatic hydroxyl groups is 2. The molecule has 0 spiro atoms. The summed E-state index contributed by atoms with van der Waals surface area (Å²) in [6, 6.07) is 10.2. The molecule has 1 unspecified atom stereocenters. The second-order valence-corrected chi connectivity index (χ2v) is 7.43. The van der Waals surface area contributed by atoms with Crippen molar-refractivity contribution in [2.45, 2.75) is 43.0 Å². The van der Waals surface area contributed by atoms with Crippen molar-refractivity contribution < 1.29 is 44.9 Å². The van der Waals surface area contributed by atoms with Crippen molar-refractivity contribution in [2.24, 2.45) is 0 Å². The number of aliphatic hydroxyl groups excluding tert-OH is 4. The van der Waals surface area contributed by atoms with Gasteiger partial charge in [0.1, 0.15) is 59.4 Å². The maximum absolute atomic E-state index is 12.8. The number of hydrogen-bond acceptors (Lipinski definition) is 9. The molecule has 9 heteroatoms. The molecule has 1 saturated heterocycles. The number of rotatable bonds is 3. The maximum atomic E-state index is 12.8. The van der Waals surface area contributed by atoms with Crippen LogP contribution in [-0.2, 0) is 4.74 Å². The minimum Gasteiger partial charge on any atom is -0.507 e. The van der Waals surface area contributed by atoms with E-state index in [1.807, 2.05) is 6.07 Å². The van der Waals surface area contributed by atoms with E-state index >= 15 is 0 Å². The van der Waals surface area contributed by atoms with Crippen molar-refractivity contribution in [2.75, 3.05) is 6.61 Å². The van der Waals surface area contributed by atoms with Crippen molar-refractivity contribution in [3.8, 4) is 17.2 Å². The quantitative estimate of drug-likeness (QED) is 0.413. The minimum absolute atomic E-state index is 0.0246. The van der Waals surface area contributed by atoms with Crippen LogP contribution in [0.1, 0.15) is 40.1 Å². The summed E-state index contributed by atoms with van der Waals surface area (Å²) >= 11 is 0. The van der Waals surface area contributed by atoms with Gasteiger partial charge in [0.15, 0.2) is 5.78 Å². The summed E-state index contributed by atoms with van der Waals surface area (Å²) in [6.07, 6.45) is -8.41. The predicted octanol–water partition coefficient (Wildman–Crippen LogP) is 0.319. The highest BCUT2D eigenvalue weighted by Gasteiger charge is 2.47. The maximum Gasteiger partial charge on any atom is 0.174 e. The van der Waals surface area contributed by atoms with Gasteiger partial charge in [-0.3, -0.25) is 4.79 Å². The molecule has 30 heavy (non-hydrogen) atoms. The molecule has 0 radical (unpaired) electrons. The predicted molar refractivity (Wildman–Crippen MR) is 101 cm³/mol. The van der Waals surface area contributed by atoms with Crippen LogP contribution >= 0.6 is 0 Å². The highest BCUT2D eigenvalue weighted by Crippen LogP contribution is 2.49. The summed E-state index contributed by atoms with van der Waals surface area (Å²) in [5.74, 6) is -1.64. The Bertz CT molecular complexity index is 943. The molecule has 2 heterocycles. The topological polar surface area (TPSA) is 157 Å². The Balaban J connectivity index is 1.73. The van der Waals surface area contributed by atoms with Crippen LogP contribution in [0.3, 0.4) is 0 Å². The van der Waals surface area contributed by atoms with E-state index in [1.165, 1.54) is 0 Å². The number of carbonyl (C=O) groups excluding carboxylic acids is 1. The second-order valence-electron chi connectivity index (χ2n) is 7.43. The molecule has 2 aliphatic rings. The molecule has 2 aromatic rings. The number of aliphatic hydroxyl groups is 4. The Labute approximate surface area is 171 Å². The second kappa shape index (κ2) is 7.86. The first-order chi connectivity index (χ1) is 14.3. The fraction of sp³-hybridized carbons (Fsp3) is 0.381. The number of carbonyl (C=O) groups is 1. The summed E-state index contributed by atoms with van der Waals surface area (Å²) in [6.45, 7) is -0.672. The average Bonchev–Trinajstić information content (AvgIpc) is 2.73. The van der Waals surface area contributed by atoms with Gasteiger partial charge < -0.3 is 40.1 Å². The summed E-state index contributed by atoms with van der Waals surface area (Å²) in [4.78, 5) is 12.8. The van der Waals surface area contributed by atoms with Crippen LogP contribution in [0.5, 0.6) is 17.2 Å². The molecule has 160 valence electrons. The van der Waals surface area contributed by atoms with Crippen molar-refractivity contribution in [1.29, 1.82) is 0 Å². The van der Waals surface area contributed by atoms with Gasteiger partial charge in [0.05, 0.1) is 18.6 Å². The zero-order valence-electron chi connectivity index (χ0n) is 15.8. The molecule has 2 aliphatic heterocycles. The minimum atomic E-state index is -1.73. The molecular formula is C21H22O9. The number of phenols is 2. The number of benzene rings is 2. The number of Topliss-reactive ketones (excluding diaryl/α,β-unsaturated/α-hetero) is 1. The highest BCUT2D eigenvalue weighted by atomic mass is 16.5. The lowest BCUT2D eigenvalue weighted by Gasteiger charge is -2.40. The van der Waals surface area contributed by atoms with Gasteiger partial charge >= 0.3 is 0 Å². The van der Waals surface area contributed by atoms with Gasteiger partial charge in [0.2, 0.25) is 0 Å². The molecule has 0 saturated carbocycles. The van der Waals surface area contributed by atoms with Crippen LogP contribution in [-0.4, -0.2) is 67.4 Å². The molecule has 9 nitrogen and oxygen atoms in total. The Kier molecular flexibility index (Phi) is 5.39. The third kappa shape index (κ3) is 3.30. The largest absolute Gasteiger partial charge is 0.507 e. The van der Waals surface area contributed by atoms with Gasteiger partial charge in [-0.15, -0.1) is 0 Å². The number of ether oxygens (including phenoxy) is 2. The standard InChI is InChI=1S/C21H22O9/c22-8-14-17(25)19(27)20(28)21(30-14)16-11(24)7-13-15(18(16)26)10(23)6-12(29-13)9-4-2-1-3-5-9/h1-5,7,12,14,17,19-22,24-28H,6,8H2/t12?,14-,17-,19+,20-,21+/m1/s1. The smallest absolute Gasteiger partial charge is 0.174 e. The third-order valence-corrected chi connectivity index (χ3v) is 5.55. The van der Waals surface area contributed by atoms with E-state index in [1.54, 1.807) is 24.3 Å². The van der Waals surface area contributed by atoms with Gasteiger partial charge in [-0.05, 0) is 5.56 Å². The van der Waals surface area contributed by atoms with Gasteiger partial charge in [0.25, 0.3) is 0 Å². The van der Waals surface area contributed by atoms with Gasteiger partial charge in [-0.25, -0.2) is 0 Å². The van der Waals surface area contributed by atoms with Gasteiger partial charge in [-0.1, -0.05) is 30.3 Å². The summed E-state index contributed by atoms with van der Waals surface area (Å²) in [7, 11) is 0. The SMILES string of the molecule is O=C1CC(c2ccccc2)Oc2cc(O)c([C@@H]3O[C@H](CO)[C@@H](O)[C@H](O)[C@H]3O)c(O)c21. The molecule has 6 atom stereocenters. The van der Waals surface area contributed by atoms with E-state index < -0.39 is 60.5 Å². The van der Waals surface area contributed by atoms with Crippen molar-refractivity contribution >= 4 is 5.78 Å². The van der Waals surface area contributed by atoms with Crippen molar-refractivity contribution in [1.82, 2.24) is 0 Å². The van der Waals surface area contributed by atoms with E-state index in [-0.39, 0.29) is 23.3 Å². The van der Waals surface area contributed by atoms with E-state index in [2.05, 4.69) is 0 Å². The number of ketones is 1. The Morgan fingerprint density at radius 1 is 1.00 bits per heavy atom. The molecule has 0 aliphatic carbocycles. The molecule has 0 bridgehead atoms. The summed E-state index contributed by atoms with van der Waals surface area (Å²) in [5, 5.41) is 60.9. The lowest BCUT2D eigenvalue weighted by molar-refractivity contribution is -0.232. The van der Waals surface area contributed by atoms with Crippen molar-refractivity contribution in [3.63, 3.8) is 0 Å². The van der Waals surface area contributed by atoms with Crippen LogP contribution in [0, 0.1) is 0 Å². The molecule has 2 aromatic carbocycles. The zero-order valence-corrected chi connectivity index (χ0v) is 15.8. The molecular weight excluding hydrogens is 396 g/mol. The zero-order chi connectivity index (χ0) is 21.6. The Morgan fingerprint density at radius 3 is 2.37 bits per heavy atom. The molecule has 0 amide bonds. The first kappa shape index (κ1) is 20.6. The van der Waals surface area contributed by atoms with E-state index in [0.29, 0.717) is 0 Å².